The van der Waals surface area contributed by atoms with E-state index in [4.69, 9.17) is 17.3 Å². The maximum Gasteiger partial charge on any atom is 0.253 e. The quantitative estimate of drug-likeness (QED) is 0.813. The van der Waals surface area contributed by atoms with Crippen molar-refractivity contribution in [3.05, 3.63) is 63.1 Å². The van der Waals surface area contributed by atoms with E-state index in [0.29, 0.717) is 16.3 Å². The highest BCUT2D eigenvalue weighted by molar-refractivity contribution is 9.10. The van der Waals surface area contributed by atoms with Gasteiger partial charge in [-0.15, -0.1) is 0 Å². The minimum atomic E-state index is -0.242. The molecule has 0 aliphatic heterocycles. The molecule has 5 heteroatoms. The largest absolute Gasteiger partial charge is 0.397 e. The van der Waals surface area contributed by atoms with Crippen LogP contribution in [-0.4, -0.2) is 5.91 Å². The van der Waals surface area contributed by atoms with Crippen LogP contribution in [0.4, 0.5) is 5.69 Å². The Balaban J connectivity index is 2.20. The number of carbonyl (C=O) groups excluding carboxylic acids is 1. The number of nitrogens with two attached hydrogens (primary N) is 1. The molecule has 0 saturated carbocycles. The molecule has 0 aromatic heterocycles. The number of nitrogen functional groups attached to an aromatic ring is 1. The molecule has 3 N–H and O–H groups in total. The van der Waals surface area contributed by atoms with Crippen LogP contribution in [-0.2, 0) is 0 Å². The summed E-state index contributed by atoms with van der Waals surface area (Å²) in [6.07, 6.45) is 0. The molecule has 0 aliphatic carbocycles. The minimum absolute atomic E-state index is 0.142. The van der Waals surface area contributed by atoms with E-state index in [1.165, 1.54) is 0 Å². The van der Waals surface area contributed by atoms with E-state index in [1.54, 1.807) is 18.2 Å². The summed E-state index contributed by atoms with van der Waals surface area (Å²) < 4.78 is 0.951. The van der Waals surface area contributed by atoms with Crippen LogP contribution in [0.25, 0.3) is 0 Å². The predicted molar refractivity (Wildman–Crippen MR) is 85.9 cm³/mol. The number of amides is 1. The molecule has 0 radical (unpaired) electrons. The van der Waals surface area contributed by atoms with Crippen molar-refractivity contribution in [3.8, 4) is 0 Å². The first-order chi connectivity index (χ1) is 9.50. The number of nitrogens with one attached hydrogen (secondary N) is 1. The SMILES string of the molecule is CC(NC(=O)c1cccc(Cl)c1N)c1ccccc1Br. The molecule has 0 spiro atoms. The molecular weight excluding hydrogens is 340 g/mol. The van der Waals surface area contributed by atoms with Gasteiger partial charge in [-0.3, -0.25) is 4.79 Å². The Morgan fingerprint density at radius 1 is 1.25 bits per heavy atom. The molecule has 0 heterocycles. The van der Waals surface area contributed by atoms with Gasteiger partial charge < -0.3 is 11.1 Å². The van der Waals surface area contributed by atoms with Crippen molar-refractivity contribution in [1.29, 1.82) is 0 Å². The van der Waals surface area contributed by atoms with E-state index in [9.17, 15) is 4.79 Å². The molecule has 20 heavy (non-hydrogen) atoms. The van der Waals surface area contributed by atoms with E-state index in [0.717, 1.165) is 10.0 Å². The van der Waals surface area contributed by atoms with Gasteiger partial charge in [0.25, 0.3) is 5.91 Å². The fraction of sp³-hybridized carbons (Fsp3) is 0.133. The van der Waals surface area contributed by atoms with Crippen LogP contribution < -0.4 is 11.1 Å². The zero-order valence-corrected chi connectivity index (χ0v) is 13.2. The van der Waals surface area contributed by atoms with Crippen molar-refractivity contribution in [2.75, 3.05) is 5.73 Å². The fourth-order valence-corrected chi connectivity index (χ4v) is 2.72. The van der Waals surface area contributed by atoms with E-state index < -0.39 is 0 Å². The van der Waals surface area contributed by atoms with Crippen LogP contribution in [0, 0.1) is 0 Å². The summed E-state index contributed by atoms with van der Waals surface area (Å²) >= 11 is 9.40. The molecule has 0 fully saturated rings. The van der Waals surface area contributed by atoms with E-state index in [2.05, 4.69) is 21.2 Å². The summed E-state index contributed by atoms with van der Waals surface area (Å²) in [5.41, 5.74) is 7.51. The molecule has 104 valence electrons. The van der Waals surface area contributed by atoms with Crippen molar-refractivity contribution in [3.63, 3.8) is 0 Å². The van der Waals surface area contributed by atoms with Crippen molar-refractivity contribution >= 4 is 39.1 Å². The van der Waals surface area contributed by atoms with Gasteiger partial charge in [-0.05, 0) is 30.7 Å². The number of halogens is 2. The zero-order chi connectivity index (χ0) is 14.7. The second kappa shape index (κ2) is 6.29. The Morgan fingerprint density at radius 3 is 2.65 bits per heavy atom. The topological polar surface area (TPSA) is 55.1 Å². The van der Waals surface area contributed by atoms with Gasteiger partial charge in [0.1, 0.15) is 0 Å². The summed E-state index contributed by atoms with van der Waals surface area (Å²) in [4.78, 5) is 12.2. The lowest BCUT2D eigenvalue weighted by molar-refractivity contribution is 0.0940. The second-order valence-corrected chi connectivity index (χ2v) is 5.68. The number of hydrogen-bond donors (Lipinski definition) is 2. The molecule has 1 unspecified atom stereocenters. The van der Waals surface area contributed by atoms with Crippen molar-refractivity contribution in [1.82, 2.24) is 5.32 Å². The molecule has 0 aliphatic rings. The first-order valence-corrected chi connectivity index (χ1v) is 7.27. The summed E-state index contributed by atoms with van der Waals surface area (Å²) in [6, 6.07) is 12.6. The minimum Gasteiger partial charge on any atom is -0.397 e. The van der Waals surface area contributed by atoms with Crippen LogP contribution in [0.2, 0.25) is 5.02 Å². The Labute approximate surface area is 131 Å². The number of anilines is 1. The molecule has 1 atom stereocenters. The molecule has 2 rings (SSSR count). The summed E-state index contributed by atoms with van der Waals surface area (Å²) in [5, 5.41) is 3.29. The van der Waals surface area contributed by atoms with E-state index in [1.807, 2.05) is 31.2 Å². The van der Waals surface area contributed by atoms with Crippen LogP contribution in [0.1, 0.15) is 28.9 Å². The van der Waals surface area contributed by atoms with E-state index >= 15 is 0 Å². The maximum atomic E-state index is 12.2. The number of rotatable bonds is 3. The summed E-state index contributed by atoms with van der Waals surface area (Å²) in [7, 11) is 0. The van der Waals surface area contributed by atoms with Crippen LogP contribution >= 0.6 is 27.5 Å². The standard InChI is InChI=1S/C15H14BrClN2O/c1-9(10-5-2-3-7-12(10)16)19-15(20)11-6-4-8-13(17)14(11)18/h2-9H,18H2,1H3,(H,19,20). The number of carbonyl (C=O) groups is 1. The monoisotopic (exact) mass is 352 g/mol. The maximum absolute atomic E-state index is 12.2. The first kappa shape index (κ1) is 14.9. The van der Waals surface area contributed by atoms with Gasteiger partial charge >= 0.3 is 0 Å². The Morgan fingerprint density at radius 2 is 1.95 bits per heavy atom. The molecule has 1 amide bonds. The number of benzene rings is 2. The lowest BCUT2D eigenvalue weighted by Crippen LogP contribution is -2.27. The van der Waals surface area contributed by atoms with Gasteiger partial charge in [-0.1, -0.05) is 51.8 Å². The zero-order valence-electron chi connectivity index (χ0n) is 10.9. The van der Waals surface area contributed by atoms with Crippen LogP contribution in [0.5, 0.6) is 0 Å². The van der Waals surface area contributed by atoms with Crippen LogP contribution in [0.15, 0.2) is 46.9 Å². The normalized spacial score (nSPS) is 11.9. The van der Waals surface area contributed by atoms with Crippen molar-refractivity contribution in [2.45, 2.75) is 13.0 Å². The first-order valence-electron chi connectivity index (χ1n) is 6.10. The molecule has 2 aromatic carbocycles. The van der Waals surface area contributed by atoms with Crippen LogP contribution in [0.3, 0.4) is 0 Å². The summed E-state index contributed by atoms with van der Waals surface area (Å²) in [5.74, 6) is -0.242. The smallest absolute Gasteiger partial charge is 0.253 e. The average Bonchev–Trinajstić information content (AvgIpc) is 2.42. The van der Waals surface area contributed by atoms with Crippen molar-refractivity contribution < 1.29 is 4.79 Å². The highest BCUT2D eigenvalue weighted by Crippen LogP contribution is 2.25. The highest BCUT2D eigenvalue weighted by atomic mass is 79.9. The molecular formula is C15H14BrClN2O. The Kier molecular flexibility index (Phi) is 4.68. The fourth-order valence-electron chi connectivity index (χ4n) is 1.91. The third-order valence-corrected chi connectivity index (χ3v) is 4.07. The third-order valence-electron chi connectivity index (χ3n) is 3.02. The van der Waals surface area contributed by atoms with Crippen molar-refractivity contribution in [2.24, 2.45) is 0 Å². The molecule has 0 saturated heterocycles. The lowest BCUT2D eigenvalue weighted by Gasteiger charge is -2.16. The van der Waals surface area contributed by atoms with Gasteiger partial charge in [0.15, 0.2) is 0 Å². The van der Waals surface area contributed by atoms with Gasteiger partial charge in [-0.2, -0.15) is 0 Å². The summed E-state index contributed by atoms with van der Waals surface area (Å²) in [6.45, 7) is 1.92. The average molecular weight is 354 g/mol. The number of para-hydroxylation sites is 1. The second-order valence-electron chi connectivity index (χ2n) is 4.42. The molecule has 2 aromatic rings. The van der Waals surface area contributed by atoms with Gasteiger partial charge in [0.05, 0.1) is 22.3 Å². The molecule has 0 bridgehead atoms. The Bertz CT molecular complexity index is 646. The van der Waals surface area contributed by atoms with Gasteiger partial charge in [-0.25, -0.2) is 0 Å². The Hall–Kier alpha value is -1.52. The molecule has 3 nitrogen and oxygen atoms in total. The lowest BCUT2D eigenvalue weighted by atomic mass is 10.1. The highest BCUT2D eigenvalue weighted by Gasteiger charge is 2.16. The predicted octanol–water partition coefficient (Wildman–Crippen LogP) is 4.18. The van der Waals surface area contributed by atoms with E-state index in [-0.39, 0.29) is 11.9 Å². The third kappa shape index (κ3) is 3.14. The number of hydrogen-bond acceptors (Lipinski definition) is 2. The van der Waals surface area contributed by atoms with Gasteiger partial charge in [0, 0.05) is 4.47 Å². The van der Waals surface area contributed by atoms with Gasteiger partial charge in [0.2, 0.25) is 0 Å².